The van der Waals surface area contributed by atoms with Crippen molar-refractivity contribution in [1.82, 2.24) is 0 Å². The molecule has 0 fully saturated rings. The van der Waals surface area contributed by atoms with Crippen LogP contribution in [0.2, 0.25) is 5.02 Å². The summed E-state index contributed by atoms with van der Waals surface area (Å²) in [6, 6.07) is 5.00. The molecule has 1 N–H and O–H groups in total. The number of aliphatic carboxylic acids is 1. The van der Waals surface area contributed by atoms with Gasteiger partial charge in [0.2, 0.25) is 0 Å². The molecule has 0 amide bonds. The van der Waals surface area contributed by atoms with Crippen LogP contribution >= 0.6 is 11.6 Å². The topological polar surface area (TPSA) is 46.5 Å². The molecule has 0 aliphatic heterocycles. The minimum absolute atomic E-state index is 0.521. The van der Waals surface area contributed by atoms with Gasteiger partial charge >= 0.3 is 5.97 Å². The number of methoxy groups -OCH3 is 1. The molecule has 1 aromatic carbocycles. The van der Waals surface area contributed by atoms with Crippen molar-refractivity contribution in [3.05, 3.63) is 28.8 Å². The lowest BCUT2D eigenvalue weighted by Gasteiger charge is -2.14. The number of carbonyl (C=O) groups is 1. The summed E-state index contributed by atoms with van der Waals surface area (Å²) in [5.41, 5.74) is 0.664. The summed E-state index contributed by atoms with van der Waals surface area (Å²) < 4.78 is 5.11. The van der Waals surface area contributed by atoms with Crippen LogP contribution in [0.5, 0.6) is 5.75 Å². The van der Waals surface area contributed by atoms with Crippen LogP contribution < -0.4 is 4.74 Å². The monoisotopic (exact) mass is 228 g/mol. The van der Waals surface area contributed by atoms with Gasteiger partial charge in [0.1, 0.15) is 5.75 Å². The van der Waals surface area contributed by atoms with Crippen LogP contribution in [0.1, 0.15) is 24.8 Å². The fourth-order valence-corrected chi connectivity index (χ4v) is 1.66. The van der Waals surface area contributed by atoms with Gasteiger partial charge in [-0.1, -0.05) is 24.6 Å². The number of benzene rings is 1. The zero-order valence-electron chi connectivity index (χ0n) is 8.66. The van der Waals surface area contributed by atoms with Crippen molar-refractivity contribution in [1.29, 1.82) is 0 Å². The highest BCUT2D eigenvalue weighted by atomic mass is 35.5. The first-order chi connectivity index (χ1) is 7.10. The maximum absolute atomic E-state index is 11.0. The second-order valence-electron chi connectivity index (χ2n) is 3.19. The Morgan fingerprint density at radius 3 is 2.73 bits per heavy atom. The standard InChI is InChI=1S/C11H13ClO3/c1-3-8(11(13)14)9-5-4-7(12)6-10(9)15-2/h4-6,8H,3H2,1-2H3,(H,13,14). The molecule has 0 radical (unpaired) electrons. The first-order valence-electron chi connectivity index (χ1n) is 4.66. The summed E-state index contributed by atoms with van der Waals surface area (Å²) >= 11 is 5.80. The molecule has 0 aliphatic rings. The van der Waals surface area contributed by atoms with E-state index in [4.69, 9.17) is 21.4 Å². The molecule has 3 nitrogen and oxygen atoms in total. The molecule has 82 valence electrons. The van der Waals surface area contributed by atoms with Gasteiger partial charge < -0.3 is 9.84 Å². The minimum Gasteiger partial charge on any atom is -0.496 e. The molecule has 0 saturated carbocycles. The Kier molecular flexibility index (Phi) is 3.97. The molecule has 0 spiro atoms. The number of carboxylic acid groups (broad SMARTS) is 1. The van der Waals surface area contributed by atoms with Gasteiger partial charge in [0, 0.05) is 10.6 Å². The summed E-state index contributed by atoms with van der Waals surface area (Å²) in [5.74, 6) is -0.868. The molecule has 4 heteroatoms. The molecule has 1 unspecified atom stereocenters. The predicted octanol–water partition coefficient (Wildman–Crippen LogP) is 2.93. The van der Waals surface area contributed by atoms with Crippen LogP contribution in [0.4, 0.5) is 0 Å². The Balaban J connectivity index is 3.16. The number of hydrogen-bond acceptors (Lipinski definition) is 2. The van der Waals surface area contributed by atoms with Crippen LogP contribution in [0.25, 0.3) is 0 Å². The largest absolute Gasteiger partial charge is 0.496 e. The van der Waals surface area contributed by atoms with Gasteiger partial charge in [0.15, 0.2) is 0 Å². The van der Waals surface area contributed by atoms with E-state index in [0.717, 1.165) is 0 Å². The van der Waals surface area contributed by atoms with Crippen molar-refractivity contribution in [3.63, 3.8) is 0 Å². The molecule has 0 aromatic heterocycles. The van der Waals surface area contributed by atoms with E-state index >= 15 is 0 Å². The zero-order valence-corrected chi connectivity index (χ0v) is 9.41. The van der Waals surface area contributed by atoms with Crippen molar-refractivity contribution in [2.75, 3.05) is 7.11 Å². The first-order valence-corrected chi connectivity index (χ1v) is 5.04. The third-order valence-electron chi connectivity index (χ3n) is 2.28. The number of ether oxygens (including phenoxy) is 1. The van der Waals surface area contributed by atoms with Gasteiger partial charge in [-0.15, -0.1) is 0 Å². The highest BCUT2D eigenvalue weighted by Gasteiger charge is 2.21. The quantitative estimate of drug-likeness (QED) is 0.862. The number of rotatable bonds is 4. The fraction of sp³-hybridized carbons (Fsp3) is 0.364. The van der Waals surface area contributed by atoms with Gasteiger partial charge in [0.25, 0.3) is 0 Å². The number of carboxylic acids is 1. The molecule has 0 heterocycles. The molecule has 1 atom stereocenters. The van der Waals surface area contributed by atoms with E-state index in [-0.39, 0.29) is 0 Å². The van der Waals surface area contributed by atoms with Crippen molar-refractivity contribution < 1.29 is 14.6 Å². The second-order valence-corrected chi connectivity index (χ2v) is 3.62. The average Bonchev–Trinajstić information content (AvgIpc) is 2.20. The van der Waals surface area contributed by atoms with Crippen molar-refractivity contribution in [2.45, 2.75) is 19.3 Å². The molecule has 1 rings (SSSR count). The fourth-order valence-electron chi connectivity index (χ4n) is 1.50. The second kappa shape index (κ2) is 5.03. The summed E-state index contributed by atoms with van der Waals surface area (Å²) in [6.07, 6.45) is 0.521. The van der Waals surface area contributed by atoms with Crippen LogP contribution in [0, 0.1) is 0 Å². The summed E-state index contributed by atoms with van der Waals surface area (Å²) in [4.78, 5) is 11.0. The molecular weight excluding hydrogens is 216 g/mol. The Morgan fingerprint density at radius 2 is 2.27 bits per heavy atom. The van der Waals surface area contributed by atoms with Gasteiger partial charge in [-0.2, -0.15) is 0 Å². The van der Waals surface area contributed by atoms with E-state index in [2.05, 4.69) is 0 Å². The maximum atomic E-state index is 11.0. The Morgan fingerprint density at radius 1 is 1.60 bits per heavy atom. The molecule has 0 bridgehead atoms. The zero-order chi connectivity index (χ0) is 11.4. The SMILES string of the molecule is CCC(C(=O)O)c1ccc(Cl)cc1OC. The highest BCUT2D eigenvalue weighted by molar-refractivity contribution is 6.30. The van der Waals surface area contributed by atoms with Crippen molar-refractivity contribution >= 4 is 17.6 Å². The number of hydrogen-bond donors (Lipinski definition) is 1. The van der Waals surface area contributed by atoms with Gasteiger partial charge in [0.05, 0.1) is 13.0 Å². The number of halogens is 1. The van der Waals surface area contributed by atoms with Gasteiger partial charge in [-0.05, 0) is 18.6 Å². The highest BCUT2D eigenvalue weighted by Crippen LogP contribution is 2.31. The lowest BCUT2D eigenvalue weighted by molar-refractivity contribution is -0.138. The lowest BCUT2D eigenvalue weighted by atomic mass is 9.96. The Labute approximate surface area is 93.6 Å². The van der Waals surface area contributed by atoms with E-state index in [9.17, 15) is 4.79 Å². The molecule has 1 aromatic rings. The van der Waals surface area contributed by atoms with Crippen molar-refractivity contribution in [2.24, 2.45) is 0 Å². The first kappa shape index (κ1) is 11.9. The summed E-state index contributed by atoms with van der Waals surface area (Å²) in [7, 11) is 1.50. The summed E-state index contributed by atoms with van der Waals surface area (Å²) in [5, 5.41) is 9.57. The normalized spacial score (nSPS) is 12.2. The molecule has 0 saturated heterocycles. The molecule has 0 aliphatic carbocycles. The smallest absolute Gasteiger partial charge is 0.311 e. The van der Waals surface area contributed by atoms with Crippen LogP contribution in [0.15, 0.2) is 18.2 Å². The Hall–Kier alpha value is -1.22. The van der Waals surface area contributed by atoms with Gasteiger partial charge in [-0.25, -0.2) is 0 Å². The van der Waals surface area contributed by atoms with E-state index in [1.807, 2.05) is 6.92 Å². The van der Waals surface area contributed by atoms with E-state index in [1.165, 1.54) is 7.11 Å². The lowest BCUT2D eigenvalue weighted by Crippen LogP contribution is -2.11. The average molecular weight is 229 g/mol. The maximum Gasteiger partial charge on any atom is 0.311 e. The van der Waals surface area contributed by atoms with Crippen LogP contribution in [-0.2, 0) is 4.79 Å². The summed E-state index contributed by atoms with van der Waals surface area (Å²) in [6.45, 7) is 1.83. The van der Waals surface area contributed by atoms with Gasteiger partial charge in [-0.3, -0.25) is 4.79 Å². The van der Waals surface area contributed by atoms with E-state index in [1.54, 1.807) is 18.2 Å². The third kappa shape index (κ3) is 2.63. The van der Waals surface area contributed by atoms with E-state index < -0.39 is 11.9 Å². The van der Waals surface area contributed by atoms with E-state index in [0.29, 0.717) is 22.8 Å². The molecule has 15 heavy (non-hydrogen) atoms. The third-order valence-corrected chi connectivity index (χ3v) is 2.51. The van der Waals surface area contributed by atoms with Crippen LogP contribution in [-0.4, -0.2) is 18.2 Å². The van der Waals surface area contributed by atoms with Crippen molar-refractivity contribution in [3.8, 4) is 5.75 Å². The van der Waals surface area contributed by atoms with Crippen LogP contribution in [0.3, 0.4) is 0 Å². The Bertz CT molecular complexity index is 363. The predicted molar refractivity (Wildman–Crippen MR) is 58.7 cm³/mol. The molecular formula is C11H13ClO3. The minimum atomic E-state index is -0.849.